The fourth-order valence-corrected chi connectivity index (χ4v) is 0.824. The lowest BCUT2D eigenvalue weighted by Gasteiger charge is -2.00. The Bertz CT molecular complexity index is 85.6. The Balaban J connectivity index is 3.09. The van der Waals surface area contributed by atoms with E-state index in [-0.39, 0.29) is 5.91 Å². The minimum Gasteiger partial charge on any atom is -0.356 e. The summed E-state index contributed by atoms with van der Waals surface area (Å²) in [6, 6.07) is 0. The van der Waals surface area contributed by atoms with Crippen LogP contribution in [-0.4, -0.2) is 17.8 Å². The number of halogens is 1. The molecule has 2 nitrogen and oxygen atoms in total. The zero-order valence-corrected chi connectivity index (χ0v) is 7.61. The van der Waals surface area contributed by atoms with Crippen LogP contribution in [0.15, 0.2) is 0 Å². The topological polar surface area (TPSA) is 29.1 Å². The summed E-state index contributed by atoms with van der Waals surface area (Å²) >= 11 is 3.25. The van der Waals surface area contributed by atoms with Gasteiger partial charge in [-0.15, -0.1) is 0 Å². The van der Waals surface area contributed by atoms with Crippen LogP contribution >= 0.6 is 15.9 Å². The maximum atomic E-state index is 10.8. The second-order valence-electron chi connectivity index (χ2n) is 2.00. The summed E-state index contributed by atoms with van der Waals surface area (Å²) in [6.07, 6.45) is 2.29. The predicted octanol–water partition coefficient (Wildman–Crippen LogP) is 1.50. The molecule has 0 aromatic heterocycles. The van der Waals surface area contributed by atoms with Crippen molar-refractivity contribution in [1.82, 2.24) is 5.32 Å². The quantitative estimate of drug-likeness (QED) is 0.680. The standard InChI is InChI=1S/C7H13BrNO/c1-2-6-9-7(10)4-3-5-8/h1-6H2,(H,9,10). The van der Waals surface area contributed by atoms with Crippen LogP contribution in [0.4, 0.5) is 0 Å². The Labute approximate surface area is 70.5 Å². The van der Waals surface area contributed by atoms with E-state index in [0.29, 0.717) is 13.0 Å². The maximum Gasteiger partial charge on any atom is 0.220 e. The Kier molecular flexibility index (Phi) is 7.03. The van der Waals surface area contributed by atoms with Gasteiger partial charge in [0.15, 0.2) is 0 Å². The van der Waals surface area contributed by atoms with Gasteiger partial charge in [0, 0.05) is 18.3 Å². The SMILES string of the molecule is [CH2]CCNC(=O)CCCBr. The molecule has 59 valence electrons. The van der Waals surface area contributed by atoms with E-state index >= 15 is 0 Å². The van der Waals surface area contributed by atoms with E-state index < -0.39 is 0 Å². The van der Waals surface area contributed by atoms with Crippen molar-refractivity contribution in [3.63, 3.8) is 0 Å². The number of carbonyl (C=O) groups is 1. The highest BCUT2D eigenvalue weighted by Crippen LogP contribution is 1.92. The minimum atomic E-state index is 0.128. The molecule has 0 fully saturated rings. The first-order valence-electron chi connectivity index (χ1n) is 3.43. The molecule has 0 aliphatic rings. The molecule has 0 saturated heterocycles. The average Bonchev–Trinajstić information content (AvgIpc) is 1.97. The Morgan fingerprint density at radius 3 is 2.80 bits per heavy atom. The molecule has 0 aromatic rings. The van der Waals surface area contributed by atoms with Crippen LogP contribution in [0.5, 0.6) is 0 Å². The van der Waals surface area contributed by atoms with Gasteiger partial charge in [-0.25, -0.2) is 0 Å². The van der Waals surface area contributed by atoms with Crippen molar-refractivity contribution < 1.29 is 4.79 Å². The third-order valence-corrected chi connectivity index (χ3v) is 1.60. The normalized spacial score (nSPS) is 9.40. The van der Waals surface area contributed by atoms with E-state index in [4.69, 9.17) is 0 Å². The molecule has 0 bridgehead atoms. The fraction of sp³-hybridized carbons (Fsp3) is 0.714. The Morgan fingerprint density at radius 2 is 2.30 bits per heavy atom. The molecule has 3 heteroatoms. The summed E-state index contributed by atoms with van der Waals surface area (Å²) in [5.74, 6) is 0.128. The van der Waals surface area contributed by atoms with Crippen LogP contribution in [0, 0.1) is 6.92 Å². The Hall–Kier alpha value is -0.0500. The largest absolute Gasteiger partial charge is 0.356 e. The molecule has 10 heavy (non-hydrogen) atoms. The van der Waals surface area contributed by atoms with E-state index in [1.807, 2.05) is 0 Å². The monoisotopic (exact) mass is 206 g/mol. The van der Waals surface area contributed by atoms with Crippen LogP contribution in [0.3, 0.4) is 0 Å². The van der Waals surface area contributed by atoms with Gasteiger partial charge in [-0.3, -0.25) is 4.79 Å². The van der Waals surface area contributed by atoms with E-state index in [1.165, 1.54) is 0 Å². The van der Waals surface area contributed by atoms with E-state index in [1.54, 1.807) is 0 Å². The fourth-order valence-electron chi connectivity index (χ4n) is 0.544. The molecule has 0 unspecified atom stereocenters. The molecule has 1 N–H and O–H groups in total. The summed E-state index contributed by atoms with van der Waals surface area (Å²) in [7, 11) is 0. The smallest absolute Gasteiger partial charge is 0.220 e. The minimum absolute atomic E-state index is 0.128. The lowest BCUT2D eigenvalue weighted by Crippen LogP contribution is -2.23. The molecule has 0 saturated carbocycles. The van der Waals surface area contributed by atoms with Crippen molar-refractivity contribution in [3.8, 4) is 0 Å². The summed E-state index contributed by atoms with van der Waals surface area (Å²) in [6.45, 7) is 4.31. The van der Waals surface area contributed by atoms with Gasteiger partial charge in [0.25, 0.3) is 0 Å². The van der Waals surface area contributed by atoms with Gasteiger partial charge in [0.1, 0.15) is 0 Å². The molecule has 0 heterocycles. The maximum absolute atomic E-state index is 10.8. The first-order valence-corrected chi connectivity index (χ1v) is 4.55. The molecule has 0 aliphatic heterocycles. The second kappa shape index (κ2) is 7.06. The number of rotatable bonds is 5. The highest BCUT2D eigenvalue weighted by Gasteiger charge is 1.96. The lowest BCUT2D eigenvalue weighted by atomic mass is 10.3. The molecule has 1 amide bonds. The van der Waals surface area contributed by atoms with Crippen LogP contribution < -0.4 is 5.32 Å². The van der Waals surface area contributed by atoms with Crippen molar-refractivity contribution in [2.24, 2.45) is 0 Å². The second-order valence-corrected chi connectivity index (χ2v) is 2.79. The summed E-state index contributed by atoms with van der Waals surface area (Å²) in [5.41, 5.74) is 0. The van der Waals surface area contributed by atoms with Crippen LogP contribution in [-0.2, 0) is 4.79 Å². The van der Waals surface area contributed by atoms with Gasteiger partial charge in [-0.1, -0.05) is 22.9 Å². The summed E-state index contributed by atoms with van der Waals surface area (Å²) < 4.78 is 0. The zero-order chi connectivity index (χ0) is 7.82. The van der Waals surface area contributed by atoms with Crippen molar-refractivity contribution in [3.05, 3.63) is 6.92 Å². The zero-order valence-electron chi connectivity index (χ0n) is 6.03. The third-order valence-electron chi connectivity index (χ3n) is 1.04. The molecular formula is C7H13BrNO. The molecular weight excluding hydrogens is 194 g/mol. The number of hydrogen-bond acceptors (Lipinski definition) is 1. The average molecular weight is 207 g/mol. The number of hydrogen-bond donors (Lipinski definition) is 1. The van der Waals surface area contributed by atoms with Crippen molar-refractivity contribution in [2.75, 3.05) is 11.9 Å². The number of nitrogens with one attached hydrogen (secondary N) is 1. The number of carbonyl (C=O) groups excluding carboxylic acids is 1. The van der Waals surface area contributed by atoms with E-state index in [9.17, 15) is 4.79 Å². The molecule has 0 aliphatic carbocycles. The number of alkyl halides is 1. The van der Waals surface area contributed by atoms with E-state index in [2.05, 4.69) is 28.2 Å². The van der Waals surface area contributed by atoms with Crippen molar-refractivity contribution >= 4 is 21.8 Å². The van der Waals surface area contributed by atoms with E-state index in [0.717, 1.165) is 18.2 Å². The summed E-state index contributed by atoms with van der Waals surface area (Å²) in [4.78, 5) is 10.8. The lowest BCUT2D eigenvalue weighted by molar-refractivity contribution is -0.121. The number of amides is 1. The molecule has 0 aromatic carbocycles. The summed E-state index contributed by atoms with van der Waals surface area (Å²) in [5, 5.41) is 3.64. The third kappa shape index (κ3) is 6.08. The first-order chi connectivity index (χ1) is 4.81. The van der Waals surface area contributed by atoms with Crippen LogP contribution in [0.1, 0.15) is 19.3 Å². The highest BCUT2D eigenvalue weighted by molar-refractivity contribution is 9.09. The van der Waals surface area contributed by atoms with Gasteiger partial charge in [-0.2, -0.15) is 0 Å². The molecule has 1 radical (unpaired) electrons. The van der Waals surface area contributed by atoms with Gasteiger partial charge < -0.3 is 5.32 Å². The van der Waals surface area contributed by atoms with Gasteiger partial charge in [0.2, 0.25) is 5.91 Å². The van der Waals surface area contributed by atoms with Crippen LogP contribution in [0.2, 0.25) is 0 Å². The van der Waals surface area contributed by atoms with Gasteiger partial charge in [0.05, 0.1) is 0 Å². The molecule has 0 rings (SSSR count). The molecule has 0 spiro atoms. The van der Waals surface area contributed by atoms with Crippen molar-refractivity contribution in [2.45, 2.75) is 19.3 Å². The van der Waals surface area contributed by atoms with Crippen molar-refractivity contribution in [1.29, 1.82) is 0 Å². The van der Waals surface area contributed by atoms with Crippen LogP contribution in [0.25, 0.3) is 0 Å². The Morgan fingerprint density at radius 1 is 1.60 bits per heavy atom. The van der Waals surface area contributed by atoms with Gasteiger partial charge >= 0.3 is 0 Å². The predicted molar refractivity (Wildman–Crippen MR) is 46.0 cm³/mol. The first kappa shape index (κ1) is 9.95. The highest BCUT2D eigenvalue weighted by atomic mass is 79.9. The van der Waals surface area contributed by atoms with Gasteiger partial charge in [-0.05, 0) is 12.8 Å². The molecule has 0 atom stereocenters.